The van der Waals surface area contributed by atoms with E-state index in [2.05, 4.69) is 50.7 Å². The van der Waals surface area contributed by atoms with Crippen molar-refractivity contribution in [3.05, 3.63) is 42.0 Å². The van der Waals surface area contributed by atoms with Gasteiger partial charge >= 0.3 is 0 Å². The molecule has 1 nitrogen and oxygen atoms in total. The molecule has 0 bridgehead atoms. The lowest BCUT2D eigenvalue weighted by molar-refractivity contribution is 0.972. The van der Waals surface area contributed by atoms with Gasteiger partial charge in [-0.15, -0.1) is 6.58 Å². The van der Waals surface area contributed by atoms with Crippen molar-refractivity contribution in [3.63, 3.8) is 0 Å². The molecule has 0 heterocycles. The molecule has 0 fully saturated rings. The van der Waals surface area contributed by atoms with Gasteiger partial charge < -0.3 is 4.90 Å². The molecule has 0 aromatic heterocycles. The van der Waals surface area contributed by atoms with Crippen molar-refractivity contribution in [3.8, 4) is 0 Å². The Morgan fingerprint density at radius 2 is 2.07 bits per heavy atom. The van der Waals surface area contributed by atoms with Gasteiger partial charge in [-0.25, -0.2) is 0 Å². The topological polar surface area (TPSA) is 3.24 Å². The molecule has 82 valence electrons. The first-order valence-corrected chi connectivity index (χ1v) is 5.59. The van der Waals surface area contributed by atoms with E-state index in [1.807, 2.05) is 6.08 Å². The van der Waals surface area contributed by atoms with Gasteiger partial charge in [0.2, 0.25) is 0 Å². The van der Waals surface area contributed by atoms with Crippen LogP contribution in [0.5, 0.6) is 0 Å². The molecule has 1 aromatic carbocycles. The van der Waals surface area contributed by atoms with E-state index in [-0.39, 0.29) is 0 Å². The summed E-state index contributed by atoms with van der Waals surface area (Å²) in [4.78, 5) is 2.18. The van der Waals surface area contributed by atoms with Gasteiger partial charge in [-0.1, -0.05) is 25.1 Å². The average molecular weight is 203 g/mol. The molecule has 15 heavy (non-hydrogen) atoms. The van der Waals surface area contributed by atoms with Crippen LogP contribution in [0.2, 0.25) is 0 Å². The number of rotatable bonds is 5. The largest absolute Gasteiger partial charge is 0.377 e. The van der Waals surface area contributed by atoms with Crippen LogP contribution in [0.25, 0.3) is 0 Å². The third-order valence-electron chi connectivity index (χ3n) is 2.65. The maximum atomic E-state index is 3.78. The van der Waals surface area contributed by atoms with Gasteiger partial charge in [0.15, 0.2) is 0 Å². The van der Waals surface area contributed by atoms with Gasteiger partial charge in [0.05, 0.1) is 0 Å². The highest BCUT2D eigenvalue weighted by Crippen LogP contribution is 2.22. The highest BCUT2D eigenvalue weighted by Gasteiger charge is 2.04. The second-order valence-corrected chi connectivity index (χ2v) is 4.04. The van der Waals surface area contributed by atoms with E-state index in [0.717, 1.165) is 19.3 Å². The smallest absolute Gasteiger partial charge is 0.0393 e. The number of anilines is 1. The molecule has 0 spiro atoms. The van der Waals surface area contributed by atoms with Crippen molar-refractivity contribution >= 4 is 5.69 Å². The minimum atomic E-state index is 1.05. The molecule has 1 aromatic rings. The Morgan fingerprint density at radius 3 is 2.60 bits per heavy atom. The number of hydrogen-bond donors (Lipinski definition) is 0. The molecule has 0 saturated heterocycles. The van der Waals surface area contributed by atoms with Crippen molar-refractivity contribution in [1.29, 1.82) is 0 Å². The van der Waals surface area contributed by atoms with Gasteiger partial charge in [-0.3, -0.25) is 0 Å². The Morgan fingerprint density at radius 1 is 1.33 bits per heavy atom. The monoisotopic (exact) mass is 203 g/mol. The molecule has 0 saturated carbocycles. The fourth-order valence-electron chi connectivity index (χ4n) is 1.75. The van der Waals surface area contributed by atoms with Crippen LogP contribution in [0.3, 0.4) is 0 Å². The third-order valence-corrected chi connectivity index (χ3v) is 2.65. The summed E-state index contributed by atoms with van der Waals surface area (Å²) in [5.41, 5.74) is 4.17. The molecule has 0 N–H and O–H groups in total. The molecule has 0 atom stereocenters. The van der Waals surface area contributed by atoms with Gasteiger partial charge in [0.1, 0.15) is 0 Å². The predicted octanol–water partition coefficient (Wildman–Crippen LogP) is 3.43. The van der Waals surface area contributed by atoms with Gasteiger partial charge in [-0.05, 0) is 36.5 Å². The summed E-state index contributed by atoms with van der Waals surface area (Å²) < 4.78 is 0. The summed E-state index contributed by atoms with van der Waals surface area (Å²) >= 11 is 0. The molecular weight excluding hydrogens is 182 g/mol. The van der Waals surface area contributed by atoms with Crippen LogP contribution in [0, 0.1) is 0 Å². The van der Waals surface area contributed by atoms with Crippen molar-refractivity contribution in [2.75, 3.05) is 19.0 Å². The Bertz CT molecular complexity index is 326. The van der Waals surface area contributed by atoms with Crippen LogP contribution >= 0.6 is 0 Å². The molecule has 1 heteroatoms. The molecule has 0 unspecified atom stereocenters. The first kappa shape index (κ1) is 11.8. The molecule has 0 aliphatic heterocycles. The van der Waals surface area contributed by atoms with E-state index in [9.17, 15) is 0 Å². The fourth-order valence-corrected chi connectivity index (χ4v) is 1.75. The first-order valence-electron chi connectivity index (χ1n) is 5.59. The summed E-state index contributed by atoms with van der Waals surface area (Å²) in [7, 11) is 4.19. The number of hydrogen-bond acceptors (Lipinski definition) is 1. The standard InChI is InChI=1S/C14H21N/c1-5-7-8-13-11-12(6-2)9-10-14(13)15(3)4/h5,9-11H,1,6-8H2,2-4H3. The highest BCUT2D eigenvalue weighted by atomic mass is 15.1. The maximum absolute atomic E-state index is 3.78. The van der Waals surface area contributed by atoms with Crippen molar-refractivity contribution < 1.29 is 0 Å². The fraction of sp³-hybridized carbons (Fsp3) is 0.429. The van der Waals surface area contributed by atoms with Crippen LogP contribution < -0.4 is 4.90 Å². The number of aryl methyl sites for hydroxylation is 2. The minimum Gasteiger partial charge on any atom is -0.377 e. The van der Waals surface area contributed by atoms with E-state index in [0.29, 0.717) is 0 Å². The molecule has 1 rings (SSSR count). The van der Waals surface area contributed by atoms with E-state index < -0.39 is 0 Å². The highest BCUT2D eigenvalue weighted by molar-refractivity contribution is 5.54. The molecule has 0 radical (unpaired) electrons. The summed E-state index contributed by atoms with van der Waals surface area (Å²) in [6, 6.07) is 6.75. The second-order valence-electron chi connectivity index (χ2n) is 4.04. The van der Waals surface area contributed by atoms with E-state index in [1.54, 1.807) is 0 Å². The summed E-state index contributed by atoms with van der Waals surface area (Å²) in [6.07, 6.45) is 5.23. The minimum absolute atomic E-state index is 1.05. The average Bonchev–Trinajstić information content (AvgIpc) is 2.25. The molecular formula is C14H21N. The Labute approximate surface area is 93.4 Å². The van der Waals surface area contributed by atoms with Gasteiger partial charge in [-0.2, -0.15) is 0 Å². The summed E-state index contributed by atoms with van der Waals surface area (Å²) in [5.74, 6) is 0. The van der Waals surface area contributed by atoms with Gasteiger partial charge in [0.25, 0.3) is 0 Å². The lowest BCUT2D eigenvalue weighted by Crippen LogP contribution is -2.11. The van der Waals surface area contributed by atoms with Crippen molar-refractivity contribution in [2.24, 2.45) is 0 Å². The number of nitrogens with zero attached hydrogens (tertiary/aromatic N) is 1. The maximum Gasteiger partial charge on any atom is 0.0393 e. The Kier molecular flexibility index (Phi) is 4.41. The van der Waals surface area contributed by atoms with Crippen LogP contribution in [0.1, 0.15) is 24.5 Å². The van der Waals surface area contributed by atoms with Crippen LogP contribution in [-0.2, 0) is 12.8 Å². The SMILES string of the molecule is C=CCCc1cc(CC)ccc1N(C)C. The number of benzene rings is 1. The zero-order valence-corrected chi connectivity index (χ0v) is 10.1. The van der Waals surface area contributed by atoms with Crippen molar-refractivity contribution in [2.45, 2.75) is 26.2 Å². The lowest BCUT2D eigenvalue weighted by atomic mass is 10.0. The second kappa shape index (κ2) is 5.59. The normalized spacial score (nSPS) is 10.1. The van der Waals surface area contributed by atoms with E-state index in [4.69, 9.17) is 0 Å². The molecule has 0 aliphatic rings. The Hall–Kier alpha value is -1.24. The number of allylic oxidation sites excluding steroid dienone is 1. The van der Waals surface area contributed by atoms with Crippen LogP contribution in [0.15, 0.2) is 30.9 Å². The zero-order chi connectivity index (χ0) is 11.3. The quantitative estimate of drug-likeness (QED) is 0.663. The summed E-state index contributed by atoms with van der Waals surface area (Å²) in [6.45, 7) is 5.98. The van der Waals surface area contributed by atoms with E-state index >= 15 is 0 Å². The van der Waals surface area contributed by atoms with Gasteiger partial charge in [0, 0.05) is 19.8 Å². The summed E-state index contributed by atoms with van der Waals surface area (Å²) in [5, 5.41) is 0. The Balaban J connectivity index is 2.99. The van der Waals surface area contributed by atoms with Crippen LogP contribution in [0.4, 0.5) is 5.69 Å². The predicted molar refractivity (Wildman–Crippen MR) is 68.7 cm³/mol. The third kappa shape index (κ3) is 3.12. The van der Waals surface area contributed by atoms with Crippen molar-refractivity contribution in [1.82, 2.24) is 0 Å². The molecule has 0 aliphatic carbocycles. The molecule has 0 amide bonds. The first-order chi connectivity index (χ1) is 7.19. The van der Waals surface area contributed by atoms with E-state index in [1.165, 1.54) is 16.8 Å². The van der Waals surface area contributed by atoms with Crippen LogP contribution in [-0.4, -0.2) is 14.1 Å². The lowest BCUT2D eigenvalue weighted by Gasteiger charge is -2.18. The zero-order valence-electron chi connectivity index (χ0n) is 10.1.